The van der Waals surface area contributed by atoms with Crippen LogP contribution in [0, 0.1) is 0 Å². The van der Waals surface area contributed by atoms with Crippen LogP contribution in [0.25, 0.3) is 11.5 Å². The predicted octanol–water partition coefficient (Wildman–Crippen LogP) is 4.22. The number of nitrogens with zero attached hydrogens (tertiary/aromatic N) is 3. The van der Waals surface area contributed by atoms with Crippen LogP contribution in [0.1, 0.15) is 22.8 Å². The van der Waals surface area contributed by atoms with E-state index in [9.17, 15) is 13.2 Å². The van der Waals surface area contributed by atoms with E-state index in [-0.39, 0.29) is 28.9 Å². The Labute approximate surface area is 214 Å². The van der Waals surface area contributed by atoms with E-state index in [2.05, 4.69) is 15.5 Å². The second-order valence-electron chi connectivity index (χ2n) is 7.85. The van der Waals surface area contributed by atoms with Gasteiger partial charge in [0.15, 0.2) is 11.5 Å². The Hall–Kier alpha value is -4.22. The normalized spacial score (nSPS) is 11.4. The van der Waals surface area contributed by atoms with E-state index in [1.54, 1.807) is 25.1 Å². The first-order valence-corrected chi connectivity index (χ1v) is 12.8. The van der Waals surface area contributed by atoms with Gasteiger partial charge in [-0.2, -0.15) is 4.31 Å². The van der Waals surface area contributed by atoms with Gasteiger partial charge < -0.3 is 13.9 Å². The highest BCUT2D eigenvalue weighted by molar-refractivity contribution is 7.89. The topological polar surface area (TPSA) is 124 Å². The van der Waals surface area contributed by atoms with Crippen molar-refractivity contribution in [3.8, 4) is 23.0 Å². The number of sulfonamides is 1. The minimum Gasteiger partial charge on any atom is -0.493 e. The van der Waals surface area contributed by atoms with Crippen molar-refractivity contribution in [1.29, 1.82) is 0 Å². The highest BCUT2D eigenvalue weighted by atomic mass is 32.2. The average molecular weight is 523 g/mol. The van der Waals surface area contributed by atoms with Gasteiger partial charge in [0, 0.05) is 18.7 Å². The molecule has 0 aliphatic carbocycles. The number of rotatable bonds is 10. The molecule has 0 atom stereocenters. The lowest BCUT2D eigenvalue weighted by atomic mass is 10.2. The van der Waals surface area contributed by atoms with Gasteiger partial charge in [-0.1, -0.05) is 48.4 Å². The fraction of sp³-hybridized carbons (Fsp3) is 0.192. The third-order valence-electron chi connectivity index (χ3n) is 5.59. The fourth-order valence-electron chi connectivity index (χ4n) is 3.69. The van der Waals surface area contributed by atoms with Gasteiger partial charge in [0.25, 0.3) is 11.8 Å². The number of amides is 1. The van der Waals surface area contributed by atoms with E-state index in [1.165, 1.54) is 42.8 Å². The van der Waals surface area contributed by atoms with Crippen molar-refractivity contribution in [2.24, 2.45) is 0 Å². The van der Waals surface area contributed by atoms with Crippen molar-refractivity contribution < 1.29 is 27.1 Å². The van der Waals surface area contributed by atoms with Crippen LogP contribution in [0.4, 0.5) is 6.01 Å². The van der Waals surface area contributed by atoms with E-state index < -0.39 is 15.9 Å². The summed E-state index contributed by atoms with van der Waals surface area (Å²) in [5.41, 5.74) is 1.61. The monoisotopic (exact) mass is 522 g/mol. The molecule has 3 aromatic carbocycles. The molecule has 0 aliphatic heterocycles. The molecular weight excluding hydrogens is 496 g/mol. The molecular formula is C26H26N4O6S. The Balaban J connectivity index is 1.48. The number of nitrogens with one attached hydrogen (secondary N) is 1. The van der Waals surface area contributed by atoms with Gasteiger partial charge >= 0.3 is 6.01 Å². The smallest absolute Gasteiger partial charge is 0.322 e. The number of anilines is 1. The van der Waals surface area contributed by atoms with Crippen LogP contribution < -0.4 is 14.8 Å². The van der Waals surface area contributed by atoms with Crippen molar-refractivity contribution in [2.75, 3.05) is 26.1 Å². The van der Waals surface area contributed by atoms with Crippen molar-refractivity contribution in [3.05, 3.63) is 83.9 Å². The Morgan fingerprint density at radius 2 is 1.68 bits per heavy atom. The minimum absolute atomic E-state index is 0.0898. The quantitative estimate of drug-likeness (QED) is 0.328. The highest BCUT2D eigenvalue weighted by Crippen LogP contribution is 2.37. The van der Waals surface area contributed by atoms with Crippen LogP contribution in [0.5, 0.6) is 11.5 Å². The summed E-state index contributed by atoms with van der Waals surface area (Å²) in [6.45, 7) is 2.33. The van der Waals surface area contributed by atoms with E-state index >= 15 is 0 Å². The third-order valence-corrected chi connectivity index (χ3v) is 7.52. The molecule has 37 heavy (non-hydrogen) atoms. The van der Waals surface area contributed by atoms with Crippen molar-refractivity contribution in [1.82, 2.24) is 14.5 Å². The molecule has 0 aliphatic rings. The molecule has 0 spiro atoms. The summed E-state index contributed by atoms with van der Waals surface area (Å²) in [5.74, 6) is 0.500. The number of ether oxygens (including phenoxy) is 2. The van der Waals surface area contributed by atoms with Crippen LogP contribution in [0.15, 0.2) is 82.1 Å². The van der Waals surface area contributed by atoms with Gasteiger partial charge in [-0.25, -0.2) is 8.42 Å². The van der Waals surface area contributed by atoms with Crippen LogP contribution in [0.3, 0.4) is 0 Å². The molecule has 1 aromatic heterocycles. The van der Waals surface area contributed by atoms with E-state index in [0.717, 1.165) is 5.56 Å². The largest absolute Gasteiger partial charge is 0.493 e. The van der Waals surface area contributed by atoms with Crippen molar-refractivity contribution >= 4 is 21.9 Å². The predicted molar refractivity (Wildman–Crippen MR) is 137 cm³/mol. The van der Waals surface area contributed by atoms with Crippen molar-refractivity contribution in [3.63, 3.8) is 0 Å². The molecule has 0 bridgehead atoms. The average Bonchev–Trinajstić information content (AvgIpc) is 3.39. The summed E-state index contributed by atoms with van der Waals surface area (Å²) in [5, 5.41) is 10.4. The lowest BCUT2D eigenvalue weighted by molar-refractivity contribution is 0.102. The molecule has 0 saturated carbocycles. The van der Waals surface area contributed by atoms with Gasteiger partial charge in [0.1, 0.15) is 0 Å². The minimum atomic E-state index is -3.75. The first kappa shape index (κ1) is 25.9. The van der Waals surface area contributed by atoms with E-state index in [0.29, 0.717) is 23.6 Å². The SMILES string of the molecule is CCN(Cc1ccccc1)S(=O)(=O)c1ccc(C(=O)Nc2nnc(-c3cccc(OC)c3OC)o2)cc1. The van der Waals surface area contributed by atoms with E-state index in [1.807, 2.05) is 30.3 Å². The van der Waals surface area contributed by atoms with Crippen LogP contribution in [0.2, 0.25) is 0 Å². The lowest BCUT2D eigenvalue weighted by Crippen LogP contribution is -2.30. The molecule has 4 aromatic rings. The Morgan fingerprint density at radius 3 is 2.32 bits per heavy atom. The van der Waals surface area contributed by atoms with Crippen LogP contribution >= 0.6 is 0 Å². The zero-order chi connectivity index (χ0) is 26.4. The molecule has 0 fully saturated rings. The molecule has 1 amide bonds. The zero-order valence-corrected chi connectivity index (χ0v) is 21.4. The van der Waals surface area contributed by atoms with Crippen LogP contribution in [-0.4, -0.2) is 49.6 Å². The zero-order valence-electron chi connectivity index (χ0n) is 20.5. The molecule has 4 rings (SSSR count). The van der Waals surface area contributed by atoms with Crippen molar-refractivity contribution in [2.45, 2.75) is 18.4 Å². The number of methoxy groups -OCH3 is 2. The Morgan fingerprint density at radius 1 is 0.946 bits per heavy atom. The number of benzene rings is 3. The summed E-state index contributed by atoms with van der Waals surface area (Å²) in [6, 6.07) is 20.1. The number of aromatic nitrogens is 2. The molecule has 11 heteroatoms. The first-order valence-electron chi connectivity index (χ1n) is 11.4. The number of carbonyl (C=O) groups excluding carboxylic acids is 1. The maximum atomic E-state index is 13.1. The maximum Gasteiger partial charge on any atom is 0.322 e. The standard InChI is InChI=1S/C26H26N4O6S/c1-4-30(17-18-9-6-5-7-10-18)37(32,33)20-15-13-19(14-16-20)24(31)27-26-29-28-25(36-26)21-11-8-12-22(34-2)23(21)35-3/h5-16H,4,17H2,1-3H3,(H,27,29,31). The Kier molecular flexibility index (Phi) is 7.85. The Bertz CT molecular complexity index is 1470. The summed E-state index contributed by atoms with van der Waals surface area (Å²) in [6.07, 6.45) is 0. The first-order chi connectivity index (χ1) is 17.9. The molecule has 1 N–H and O–H groups in total. The molecule has 10 nitrogen and oxygen atoms in total. The highest BCUT2D eigenvalue weighted by Gasteiger charge is 2.24. The van der Waals surface area contributed by atoms with E-state index in [4.69, 9.17) is 13.9 Å². The molecule has 0 unspecified atom stereocenters. The third kappa shape index (κ3) is 5.63. The number of hydrogen-bond acceptors (Lipinski definition) is 8. The number of carbonyl (C=O) groups is 1. The van der Waals surface area contributed by atoms with Gasteiger partial charge in [-0.3, -0.25) is 10.1 Å². The van der Waals surface area contributed by atoms with Gasteiger partial charge in [-0.05, 0) is 42.0 Å². The summed E-state index contributed by atoms with van der Waals surface area (Å²) >= 11 is 0. The molecule has 0 radical (unpaired) electrons. The number of hydrogen-bond donors (Lipinski definition) is 1. The summed E-state index contributed by atoms with van der Waals surface area (Å²) < 4.78 is 43.9. The second-order valence-corrected chi connectivity index (χ2v) is 9.79. The van der Waals surface area contributed by atoms with Gasteiger partial charge in [-0.15, -0.1) is 5.10 Å². The summed E-state index contributed by atoms with van der Waals surface area (Å²) in [7, 11) is -0.745. The van der Waals surface area contributed by atoms with Crippen LogP contribution in [-0.2, 0) is 16.6 Å². The maximum absolute atomic E-state index is 13.1. The summed E-state index contributed by atoms with van der Waals surface area (Å²) in [4.78, 5) is 12.8. The van der Waals surface area contributed by atoms with Gasteiger partial charge in [0.2, 0.25) is 10.0 Å². The molecule has 1 heterocycles. The molecule has 192 valence electrons. The number of para-hydroxylation sites is 1. The van der Waals surface area contributed by atoms with Gasteiger partial charge in [0.05, 0.1) is 24.7 Å². The lowest BCUT2D eigenvalue weighted by Gasteiger charge is -2.20. The molecule has 0 saturated heterocycles. The second kappa shape index (κ2) is 11.2. The fourth-order valence-corrected chi connectivity index (χ4v) is 5.13.